The second-order valence-electron chi connectivity index (χ2n) is 4.19. The third kappa shape index (κ3) is 3.85. The smallest absolute Gasteiger partial charge is 0.323 e. The maximum absolute atomic E-state index is 10.9. The van der Waals surface area contributed by atoms with E-state index in [9.17, 15) is 4.79 Å². The monoisotopic (exact) mass is 349 g/mol. The van der Waals surface area contributed by atoms with Gasteiger partial charge in [0.1, 0.15) is 11.3 Å². The van der Waals surface area contributed by atoms with E-state index in [-0.39, 0.29) is 0 Å². The highest BCUT2D eigenvalue weighted by Crippen LogP contribution is 2.23. The Bertz CT molecular complexity index is 418. The number of aliphatic carboxylic acids is 1. The second-order valence-corrected chi connectivity index (χ2v) is 5.35. The van der Waals surface area contributed by atoms with Gasteiger partial charge < -0.3 is 15.6 Å². The van der Waals surface area contributed by atoms with Gasteiger partial charge in [0.15, 0.2) is 0 Å². The van der Waals surface area contributed by atoms with E-state index in [1.54, 1.807) is 7.11 Å². The lowest BCUT2D eigenvalue weighted by Gasteiger charge is -2.19. The molecule has 0 aliphatic heterocycles. The maximum atomic E-state index is 10.9. The van der Waals surface area contributed by atoms with Crippen LogP contribution in [-0.4, -0.2) is 23.7 Å². The van der Waals surface area contributed by atoms with Crippen molar-refractivity contribution in [1.29, 1.82) is 0 Å². The van der Waals surface area contributed by atoms with E-state index in [1.807, 2.05) is 18.2 Å². The van der Waals surface area contributed by atoms with Gasteiger partial charge in [-0.15, -0.1) is 0 Å². The summed E-state index contributed by atoms with van der Waals surface area (Å²) in [6, 6.07) is 5.82. The summed E-state index contributed by atoms with van der Waals surface area (Å²) >= 11 is 2.19. The lowest BCUT2D eigenvalue weighted by Crippen LogP contribution is -2.45. The summed E-state index contributed by atoms with van der Waals surface area (Å²) in [7, 11) is 1.62. The van der Waals surface area contributed by atoms with Gasteiger partial charge >= 0.3 is 5.97 Å². The van der Waals surface area contributed by atoms with E-state index in [2.05, 4.69) is 22.6 Å². The van der Waals surface area contributed by atoms with Crippen LogP contribution in [0.1, 0.15) is 18.9 Å². The molecular formula is C12H16INO3. The molecule has 94 valence electrons. The van der Waals surface area contributed by atoms with E-state index in [0.29, 0.717) is 12.8 Å². The van der Waals surface area contributed by atoms with Crippen molar-refractivity contribution in [2.45, 2.75) is 25.3 Å². The fraction of sp³-hybridized carbons (Fsp3) is 0.417. The molecule has 0 aliphatic carbocycles. The van der Waals surface area contributed by atoms with Gasteiger partial charge in [-0.05, 0) is 60.1 Å². The molecule has 0 heterocycles. The van der Waals surface area contributed by atoms with Crippen molar-refractivity contribution in [3.8, 4) is 5.75 Å². The molecule has 5 heteroatoms. The Kier molecular flexibility index (Phi) is 4.76. The van der Waals surface area contributed by atoms with Gasteiger partial charge in [-0.1, -0.05) is 6.07 Å². The fourth-order valence-electron chi connectivity index (χ4n) is 1.37. The number of carbonyl (C=O) groups is 1. The van der Waals surface area contributed by atoms with E-state index < -0.39 is 11.5 Å². The number of aryl methyl sites for hydroxylation is 1. The molecule has 1 atom stereocenters. The Balaban J connectivity index is 2.73. The topological polar surface area (TPSA) is 72.5 Å². The van der Waals surface area contributed by atoms with E-state index in [1.165, 1.54) is 6.92 Å². The summed E-state index contributed by atoms with van der Waals surface area (Å²) in [4.78, 5) is 10.9. The summed E-state index contributed by atoms with van der Waals surface area (Å²) in [5.41, 5.74) is 5.52. The van der Waals surface area contributed by atoms with Crippen LogP contribution in [0.2, 0.25) is 0 Å². The van der Waals surface area contributed by atoms with Crippen molar-refractivity contribution in [3.05, 3.63) is 27.3 Å². The Morgan fingerprint density at radius 1 is 1.59 bits per heavy atom. The summed E-state index contributed by atoms with van der Waals surface area (Å²) in [6.45, 7) is 1.53. The Labute approximate surface area is 114 Å². The number of methoxy groups -OCH3 is 1. The number of rotatable bonds is 5. The number of carboxylic acids is 1. The van der Waals surface area contributed by atoms with E-state index >= 15 is 0 Å². The quantitative estimate of drug-likeness (QED) is 0.798. The molecule has 4 nitrogen and oxygen atoms in total. The van der Waals surface area contributed by atoms with Gasteiger partial charge in [0.2, 0.25) is 0 Å². The van der Waals surface area contributed by atoms with Crippen molar-refractivity contribution >= 4 is 28.6 Å². The maximum Gasteiger partial charge on any atom is 0.323 e. The molecule has 17 heavy (non-hydrogen) atoms. The fourth-order valence-corrected chi connectivity index (χ4v) is 1.93. The molecule has 0 amide bonds. The number of benzene rings is 1. The molecule has 1 rings (SSSR count). The standard InChI is InChI=1S/C12H16INO3/c1-12(14,11(15)16)6-5-8-3-4-9(13)10(7-8)17-2/h3-4,7H,5-6,14H2,1-2H3,(H,15,16). The minimum absolute atomic E-state index is 0.395. The minimum atomic E-state index is -1.18. The predicted molar refractivity (Wildman–Crippen MR) is 74.3 cm³/mol. The van der Waals surface area contributed by atoms with Crippen LogP contribution in [0, 0.1) is 3.57 Å². The summed E-state index contributed by atoms with van der Waals surface area (Å²) < 4.78 is 6.24. The Morgan fingerprint density at radius 2 is 2.24 bits per heavy atom. The van der Waals surface area contributed by atoms with Gasteiger partial charge in [-0.25, -0.2) is 0 Å². The number of halogens is 1. The summed E-state index contributed by atoms with van der Waals surface area (Å²) in [5.74, 6) is -0.174. The van der Waals surface area contributed by atoms with Crippen LogP contribution in [0.5, 0.6) is 5.75 Å². The molecule has 3 N–H and O–H groups in total. The summed E-state index contributed by atoms with van der Waals surface area (Å²) in [6.07, 6.45) is 1.01. The molecule has 1 aromatic carbocycles. The number of carboxylic acid groups (broad SMARTS) is 1. The molecule has 0 spiro atoms. The molecule has 0 bridgehead atoms. The highest BCUT2D eigenvalue weighted by Gasteiger charge is 2.27. The van der Waals surface area contributed by atoms with Crippen molar-refractivity contribution in [2.75, 3.05) is 7.11 Å². The molecule has 1 unspecified atom stereocenters. The minimum Gasteiger partial charge on any atom is -0.496 e. The van der Waals surface area contributed by atoms with Crippen molar-refractivity contribution < 1.29 is 14.6 Å². The van der Waals surface area contributed by atoms with Gasteiger partial charge in [0, 0.05) is 0 Å². The Hall–Kier alpha value is -0.820. The molecule has 0 fully saturated rings. The van der Waals surface area contributed by atoms with E-state index in [4.69, 9.17) is 15.6 Å². The lowest BCUT2D eigenvalue weighted by molar-refractivity contribution is -0.142. The average molecular weight is 349 g/mol. The number of hydrogen-bond donors (Lipinski definition) is 2. The van der Waals surface area contributed by atoms with Crippen LogP contribution >= 0.6 is 22.6 Å². The van der Waals surface area contributed by atoms with Crippen LogP contribution in [-0.2, 0) is 11.2 Å². The molecule has 0 saturated heterocycles. The zero-order valence-electron chi connectivity index (χ0n) is 9.87. The number of nitrogens with two attached hydrogens (primary N) is 1. The normalized spacial score (nSPS) is 14.1. The van der Waals surface area contributed by atoms with Crippen LogP contribution in [0.15, 0.2) is 18.2 Å². The third-order valence-corrected chi connectivity index (χ3v) is 3.53. The largest absolute Gasteiger partial charge is 0.496 e. The molecule has 1 aromatic rings. The number of hydrogen-bond acceptors (Lipinski definition) is 3. The molecule has 0 saturated carbocycles. The Morgan fingerprint density at radius 3 is 2.76 bits per heavy atom. The zero-order valence-corrected chi connectivity index (χ0v) is 12.0. The first-order valence-electron chi connectivity index (χ1n) is 5.21. The van der Waals surface area contributed by atoms with Crippen molar-refractivity contribution in [2.24, 2.45) is 5.73 Å². The molecule has 0 aromatic heterocycles. The van der Waals surface area contributed by atoms with Gasteiger partial charge in [0.05, 0.1) is 10.7 Å². The molecular weight excluding hydrogens is 333 g/mol. The predicted octanol–water partition coefficient (Wildman–Crippen LogP) is 2.03. The van der Waals surface area contributed by atoms with Crippen LogP contribution in [0.3, 0.4) is 0 Å². The van der Waals surface area contributed by atoms with Gasteiger partial charge in [0.25, 0.3) is 0 Å². The highest BCUT2D eigenvalue weighted by molar-refractivity contribution is 14.1. The van der Waals surface area contributed by atoms with Crippen LogP contribution < -0.4 is 10.5 Å². The average Bonchev–Trinajstić information content (AvgIpc) is 2.28. The van der Waals surface area contributed by atoms with Crippen LogP contribution in [0.25, 0.3) is 0 Å². The van der Waals surface area contributed by atoms with Crippen molar-refractivity contribution in [1.82, 2.24) is 0 Å². The van der Waals surface area contributed by atoms with Crippen molar-refractivity contribution in [3.63, 3.8) is 0 Å². The van der Waals surface area contributed by atoms with Gasteiger partial charge in [-0.3, -0.25) is 4.79 Å². The van der Waals surface area contributed by atoms with Crippen LogP contribution in [0.4, 0.5) is 0 Å². The third-order valence-electron chi connectivity index (χ3n) is 2.64. The number of ether oxygens (including phenoxy) is 1. The second kappa shape index (κ2) is 5.68. The first-order chi connectivity index (χ1) is 7.86. The molecule has 0 radical (unpaired) electrons. The SMILES string of the molecule is COc1cc(CCC(C)(N)C(=O)O)ccc1I. The lowest BCUT2D eigenvalue weighted by atomic mass is 9.94. The highest BCUT2D eigenvalue weighted by atomic mass is 127. The first-order valence-corrected chi connectivity index (χ1v) is 6.29. The van der Waals surface area contributed by atoms with Gasteiger partial charge in [-0.2, -0.15) is 0 Å². The van der Waals surface area contributed by atoms with E-state index in [0.717, 1.165) is 14.9 Å². The first kappa shape index (κ1) is 14.2. The summed E-state index contributed by atoms with van der Waals surface area (Å²) in [5, 5.41) is 8.91. The zero-order chi connectivity index (χ0) is 13.1. The molecule has 0 aliphatic rings.